The van der Waals surface area contributed by atoms with Crippen molar-refractivity contribution >= 4 is 29.9 Å². The van der Waals surface area contributed by atoms with Crippen molar-refractivity contribution in [3.05, 3.63) is 29.3 Å². The van der Waals surface area contributed by atoms with Gasteiger partial charge in [-0.25, -0.2) is 0 Å². The molecule has 2 heterocycles. The normalized spacial score (nSPS) is 21.2. The molecule has 1 aromatic rings. The highest BCUT2D eigenvalue weighted by molar-refractivity contribution is 6.30. The first-order valence-corrected chi connectivity index (χ1v) is 10.5. The number of carbonyl (C=O) groups is 1. The molecule has 2 aliphatic rings. The van der Waals surface area contributed by atoms with Crippen molar-refractivity contribution < 1.29 is 9.53 Å². The van der Waals surface area contributed by atoms with E-state index in [2.05, 4.69) is 9.80 Å². The van der Waals surface area contributed by atoms with E-state index in [0.717, 1.165) is 32.4 Å². The van der Waals surface area contributed by atoms with Crippen LogP contribution in [0.2, 0.25) is 5.02 Å². The van der Waals surface area contributed by atoms with Crippen LogP contribution in [0, 0.1) is 0 Å². The van der Waals surface area contributed by atoms with Crippen molar-refractivity contribution in [2.45, 2.75) is 57.4 Å². The minimum atomic E-state index is 0. The maximum Gasteiger partial charge on any atom is 0.260 e. The number of nitrogens with zero attached hydrogens (tertiary/aromatic N) is 2. The number of ether oxygens (including phenoxy) is 1. The Morgan fingerprint density at radius 1 is 1.00 bits per heavy atom. The van der Waals surface area contributed by atoms with Gasteiger partial charge in [0.15, 0.2) is 6.61 Å². The zero-order valence-corrected chi connectivity index (χ0v) is 17.6. The minimum absolute atomic E-state index is 0. The molecule has 2 aliphatic heterocycles. The smallest absolute Gasteiger partial charge is 0.260 e. The first-order valence-electron chi connectivity index (χ1n) is 10.1. The van der Waals surface area contributed by atoms with Gasteiger partial charge >= 0.3 is 0 Å². The Kier molecular flexibility index (Phi) is 9.74. The van der Waals surface area contributed by atoms with E-state index >= 15 is 0 Å². The molecule has 1 unspecified atom stereocenters. The van der Waals surface area contributed by atoms with Gasteiger partial charge in [-0.05, 0) is 75.9 Å². The molecule has 0 aliphatic carbocycles. The van der Waals surface area contributed by atoms with Crippen LogP contribution in [-0.2, 0) is 4.79 Å². The molecule has 4 nitrogen and oxygen atoms in total. The molecule has 2 saturated heterocycles. The lowest BCUT2D eigenvalue weighted by molar-refractivity contribution is -0.137. The highest BCUT2D eigenvalue weighted by Gasteiger charge is 2.27. The number of likely N-dealkylation sites (tertiary alicyclic amines) is 2. The maximum absolute atomic E-state index is 12.7. The molecule has 0 N–H and O–H groups in total. The van der Waals surface area contributed by atoms with Gasteiger partial charge in [0.25, 0.3) is 5.91 Å². The molecule has 0 bridgehead atoms. The van der Waals surface area contributed by atoms with E-state index in [-0.39, 0.29) is 24.9 Å². The number of carbonyl (C=O) groups excluding carboxylic acids is 1. The lowest BCUT2D eigenvalue weighted by atomic mass is 9.99. The summed E-state index contributed by atoms with van der Waals surface area (Å²) in [5, 5.41) is 0.674. The van der Waals surface area contributed by atoms with E-state index in [1.54, 1.807) is 12.1 Å². The average molecular weight is 415 g/mol. The van der Waals surface area contributed by atoms with Crippen LogP contribution in [-0.4, -0.2) is 54.5 Å². The first-order chi connectivity index (χ1) is 12.7. The molecule has 0 aromatic heterocycles. The molecule has 0 spiro atoms. The monoisotopic (exact) mass is 414 g/mol. The third kappa shape index (κ3) is 7.17. The summed E-state index contributed by atoms with van der Waals surface area (Å²) < 4.78 is 5.68. The highest BCUT2D eigenvalue weighted by Crippen LogP contribution is 2.22. The zero-order valence-electron chi connectivity index (χ0n) is 16.1. The van der Waals surface area contributed by atoms with Crippen molar-refractivity contribution in [3.63, 3.8) is 0 Å². The number of hydrogen-bond donors (Lipinski definition) is 0. The van der Waals surface area contributed by atoms with Gasteiger partial charge in [0.2, 0.25) is 0 Å². The van der Waals surface area contributed by atoms with E-state index in [0.29, 0.717) is 16.8 Å². The van der Waals surface area contributed by atoms with Crippen LogP contribution in [0.1, 0.15) is 51.4 Å². The molecule has 1 atom stereocenters. The van der Waals surface area contributed by atoms with Crippen molar-refractivity contribution in [1.29, 1.82) is 0 Å². The van der Waals surface area contributed by atoms with Gasteiger partial charge in [-0.2, -0.15) is 0 Å². The Morgan fingerprint density at radius 2 is 1.67 bits per heavy atom. The van der Waals surface area contributed by atoms with Gasteiger partial charge in [0.05, 0.1) is 0 Å². The van der Waals surface area contributed by atoms with Crippen molar-refractivity contribution in [2.24, 2.45) is 0 Å². The molecule has 1 aromatic carbocycles. The fraction of sp³-hybridized carbons (Fsp3) is 0.667. The quantitative estimate of drug-likeness (QED) is 0.670. The van der Waals surface area contributed by atoms with E-state index in [9.17, 15) is 4.79 Å². The summed E-state index contributed by atoms with van der Waals surface area (Å²) in [5.41, 5.74) is 0. The Morgan fingerprint density at radius 3 is 2.37 bits per heavy atom. The Hall–Kier alpha value is -0.970. The third-order valence-electron chi connectivity index (χ3n) is 5.60. The number of benzene rings is 1. The van der Waals surface area contributed by atoms with Crippen LogP contribution < -0.4 is 4.74 Å². The summed E-state index contributed by atoms with van der Waals surface area (Å²) >= 11 is 5.89. The van der Waals surface area contributed by atoms with Crippen molar-refractivity contribution in [2.75, 3.05) is 32.8 Å². The van der Waals surface area contributed by atoms with Crippen LogP contribution in [0.4, 0.5) is 0 Å². The van der Waals surface area contributed by atoms with Crippen LogP contribution >= 0.6 is 24.0 Å². The second kappa shape index (κ2) is 11.8. The van der Waals surface area contributed by atoms with E-state index in [1.807, 2.05) is 12.1 Å². The van der Waals surface area contributed by atoms with E-state index in [1.165, 1.54) is 45.2 Å². The number of amides is 1. The zero-order chi connectivity index (χ0) is 18.2. The van der Waals surface area contributed by atoms with Crippen molar-refractivity contribution in [1.82, 2.24) is 9.80 Å². The molecule has 2 fully saturated rings. The Balaban J connectivity index is 0.00000261. The predicted molar refractivity (Wildman–Crippen MR) is 113 cm³/mol. The fourth-order valence-electron chi connectivity index (χ4n) is 4.08. The molecule has 152 valence electrons. The Labute approximate surface area is 174 Å². The van der Waals surface area contributed by atoms with Crippen molar-refractivity contribution in [3.8, 4) is 5.75 Å². The average Bonchev–Trinajstić information content (AvgIpc) is 2.95. The SMILES string of the molecule is Cl.O=C(COc1ccc(Cl)cc1)N1CCCCC1CCN1CCCCCC1. The molecule has 27 heavy (non-hydrogen) atoms. The lowest BCUT2D eigenvalue weighted by Crippen LogP contribution is -2.47. The van der Waals surface area contributed by atoms with Gasteiger partial charge < -0.3 is 14.5 Å². The molecule has 3 rings (SSSR count). The van der Waals surface area contributed by atoms with Gasteiger partial charge in [-0.3, -0.25) is 4.79 Å². The molecular weight excluding hydrogens is 383 g/mol. The summed E-state index contributed by atoms with van der Waals surface area (Å²) in [5.74, 6) is 0.807. The number of rotatable bonds is 6. The molecule has 0 saturated carbocycles. The topological polar surface area (TPSA) is 32.8 Å². The molecular formula is C21H32Cl2N2O2. The van der Waals surface area contributed by atoms with Crippen LogP contribution in [0.25, 0.3) is 0 Å². The second-order valence-corrected chi connectivity index (χ2v) is 7.96. The Bertz CT molecular complexity index is 560. The van der Waals surface area contributed by atoms with E-state index in [4.69, 9.17) is 16.3 Å². The minimum Gasteiger partial charge on any atom is -0.484 e. The number of hydrogen-bond acceptors (Lipinski definition) is 3. The van der Waals surface area contributed by atoms with Crippen LogP contribution in [0.3, 0.4) is 0 Å². The molecule has 6 heteroatoms. The summed E-state index contributed by atoms with van der Waals surface area (Å²) in [7, 11) is 0. The molecule has 1 amide bonds. The van der Waals surface area contributed by atoms with Crippen LogP contribution in [0.15, 0.2) is 24.3 Å². The first kappa shape index (κ1) is 22.3. The van der Waals surface area contributed by atoms with Crippen LogP contribution in [0.5, 0.6) is 5.75 Å². The predicted octanol–water partition coefficient (Wildman–Crippen LogP) is 4.79. The second-order valence-electron chi connectivity index (χ2n) is 7.52. The summed E-state index contributed by atoms with van der Waals surface area (Å²) in [4.78, 5) is 17.4. The standard InChI is InChI=1S/C21H31ClN2O2.ClH/c22-18-8-10-20(11-9-18)26-17-21(25)24-15-6-3-7-19(24)12-16-23-13-4-1-2-5-14-23;/h8-11,19H,1-7,12-17H2;1H. The third-order valence-corrected chi connectivity index (χ3v) is 5.85. The molecule has 0 radical (unpaired) electrons. The summed E-state index contributed by atoms with van der Waals surface area (Å²) in [6.45, 7) is 4.54. The highest BCUT2D eigenvalue weighted by atomic mass is 35.5. The largest absolute Gasteiger partial charge is 0.484 e. The van der Waals surface area contributed by atoms with Gasteiger partial charge in [0.1, 0.15) is 5.75 Å². The summed E-state index contributed by atoms with van der Waals surface area (Å²) in [6.07, 6.45) is 9.93. The van der Waals surface area contributed by atoms with Gasteiger partial charge in [0, 0.05) is 24.2 Å². The summed E-state index contributed by atoms with van der Waals surface area (Å²) in [6, 6.07) is 7.55. The van der Waals surface area contributed by atoms with E-state index < -0.39 is 0 Å². The maximum atomic E-state index is 12.7. The lowest BCUT2D eigenvalue weighted by Gasteiger charge is -2.37. The number of piperidine rings is 1. The number of halogens is 2. The fourth-order valence-corrected chi connectivity index (χ4v) is 4.21. The van der Waals surface area contributed by atoms with Gasteiger partial charge in [-0.1, -0.05) is 24.4 Å². The van der Waals surface area contributed by atoms with Gasteiger partial charge in [-0.15, -0.1) is 12.4 Å².